The first-order valence-electron chi connectivity index (χ1n) is 6.38. The van der Waals surface area contributed by atoms with Crippen LogP contribution in [0.5, 0.6) is 0 Å². The van der Waals surface area contributed by atoms with Crippen LogP contribution in [0.4, 0.5) is 11.4 Å². The maximum absolute atomic E-state index is 6.09. The normalized spacial score (nSPS) is 12.7. The van der Waals surface area contributed by atoms with E-state index < -0.39 is 0 Å². The summed E-state index contributed by atoms with van der Waals surface area (Å²) >= 11 is 7.87. The summed E-state index contributed by atoms with van der Waals surface area (Å²) < 4.78 is 2.17. The number of benzene rings is 2. The van der Waals surface area contributed by atoms with Crippen molar-refractivity contribution in [3.8, 4) is 0 Å². The van der Waals surface area contributed by atoms with Gasteiger partial charge in [-0.3, -0.25) is 0 Å². The van der Waals surface area contributed by atoms with Crippen molar-refractivity contribution in [2.24, 2.45) is 7.05 Å². The van der Waals surface area contributed by atoms with Crippen molar-refractivity contribution >= 4 is 45.6 Å². The molecule has 0 radical (unpaired) electrons. The Hall–Kier alpha value is -1.71. The zero-order valence-electron chi connectivity index (χ0n) is 10.9. The Morgan fingerprint density at radius 1 is 1.10 bits per heavy atom. The lowest BCUT2D eigenvalue weighted by atomic mass is 10.1. The number of pyridine rings is 1. The van der Waals surface area contributed by atoms with Gasteiger partial charge in [-0.15, -0.1) is 0 Å². The van der Waals surface area contributed by atoms with E-state index in [0.717, 1.165) is 10.7 Å². The fourth-order valence-electron chi connectivity index (χ4n) is 2.58. The van der Waals surface area contributed by atoms with Crippen LogP contribution < -0.4 is 9.88 Å². The zero-order chi connectivity index (χ0) is 13.7. The summed E-state index contributed by atoms with van der Waals surface area (Å²) in [7, 11) is 2.08. The number of nitrogens with one attached hydrogen (secondary N) is 1. The van der Waals surface area contributed by atoms with Crippen molar-refractivity contribution in [1.29, 1.82) is 0 Å². The monoisotopic (exact) mass is 299 g/mol. The van der Waals surface area contributed by atoms with E-state index >= 15 is 0 Å². The molecule has 2 heterocycles. The highest BCUT2D eigenvalue weighted by Crippen LogP contribution is 2.46. The number of halogens is 1. The summed E-state index contributed by atoms with van der Waals surface area (Å²) in [5.41, 5.74) is 3.46. The van der Waals surface area contributed by atoms with Gasteiger partial charge in [-0.2, -0.15) is 4.57 Å². The van der Waals surface area contributed by atoms with Crippen LogP contribution in [0.15, 0.2) is 58.5 Å². The van der Waals surface area contributed by atoms with Crippen LogP contribution in [0.25, 0.3) is 10.9 Å². The molecule has 20 heavy (non-hydrogen) atoms. The smallest absolute Gasteiger partial charge is 0.214 e. The molecule has 0 spiro atoms. The van der Waals surface area contributed by atoms with Gasteiger partial charge in [0.15, 0.2) is 6.20 Å². The van der Waals surface area contributed by atoms with Crippen molar-refractivity contribution in [2.75, 3.05) is 5.32 Å². The number of rotatable bonds is 0. The average molecular weight is 300 g/mol. The SMILES string of the molecule is C[n+]1cc2c(c3ccccc31)Nc1cc(Cl)ccc1S2. The molecule has 2 aromatic carbocycles. The molecule has 0 unspecified atom stereocenters. The van der Waals surface area contributed by atoms with Crippen LogP contribution in [0.3, 0.4) is 0 Å². The summed E-state index contributed by atoms with van der Waals surface area (Å²) in [6.07, 6.45) is 2.17. The lowest BCUT2D eigenvalue weighted by Crippen LogP contribution is -2.29. The minimum absolute atomic E-state index is 0.756. The van der Waals surface area contributed by atoms with Crippen LogP contribution >= 0.6 is 23.4 Å². The second-order valence-corrected chi connectivity index (χ2v) is 6.38. The van der Waals surface area contributed by atoms with Gasteiger partial charge in [0, 0.05) is 16.0 Å². The summed E-state index contributed by atoms with van der Waals surface area (Å²) in [6.45, 7) is 0. The van der Waals surface area contributed by atoms with E-state index in [9.17, 15) is 0 Å². The Bertz CT molecular complexity index is 845. The third-order valence-electron chi connectivity index (χ3n) is 3.53. The first-order chi connectivity index (χ1) is 9.72. The van der Waals surface area contributed by atoms with Gasteiger partial charge >= 0.3 is 0 Å². The molecule has 1 aliphatic heterocycles. The molecule has 1 N–H and O–H groups in total. The van der Waals surface area contributed by atoms with E-state index in [0.29, 0.717) is 0 Å². The van der Waals surface area contributed by atoms with E-state index in [4.69, 9.17) is 11.6 Å². The van der Waals surface area contributed by atoms with Crippen molar-refractivity contribution in [3.63, 3.8) is 0 Å². The van der Waals surface area contributed by atoms with E-state index in [1.807, 2.05) is 12.1 Å². The zero-order valence-corrected chi connectivity index (χ0v) is 12.4. The molecular weight excluding hydrogens is 288 g/mol. The molecule has 0 atom stereocenters. The van der Waals surface area contributed by atoms with Crippen LogP contribution in [0, 0.1) is 0 Å². The molecule has 1 aliphatic rings. The molecule has 0 bridgehead atoms. The quantitative estimate of drug-likeness (QED) is 0.480. The van der Waals surface area contributed by atoms with Crippen molar-refractivity contribution < 1.29 is 4.57 Å². The number of para-hydroxylation sites is 1. The summed E-state index contributed by atoms with van der Waals surface area (Å²) in [5, 5.41) is 5.52. The van der Waals surface area contributed by atoms with Gasteiger partial charge in [0.05, 0.1) is 16.8 Å². The molecule has 0 amide bonds. The molecule has 98 valence electrons. The molecular formula is C16H12ClN2S+. The molecule has 4 rings (SSSR count). The fraction of sp³-hybridized carbons (Fsp3) is 0.0625. The topological polar surface area (TPSA) is 15.9 Å². The van der Waals surface area contributed by atoms with Crippen LogP contribution in [-0.4, -0.2) is 0 Å². The second kappa shape index (κ2) is 4.40. The van der Waals surface area contributed by atoms with Gasteiger partial charge in [0.2, 0.25) is 5.52 Å². The Kier molecular flexibility index (Phi) is 2.65. The molecule has 1 aromatic heterocycles. The van der Waals surface area contributed by atoms with Gasteiger partial charge in [-0.05, 0) is 24.3 Å². The summed E-state index contributed by atoms with van der Waals surface area (Å²) in [5.74, 6) is 0. The molecule has 0 aliphatic carbocycles. The van der Waals surface area contributed by atoms with Crippen molar-refractivity contribution in [1.82, 2.24) is 0 Å². The van der Waals surface area contributed by atoms with E-state index in [2.05, 4.69) is 53.5 Å². The maximum Gasteiger partial charge on any atom is 0.214 e. The Labute approximate surface area is 126 Å². The van der Waals surface area contributed by atoms with Gasteiger partial charge in [-0.25, -0.2) is 0 Å². The third-order valence-corrected chi connectivity index (χ3v) is 4.87. The number of hydrogen-bond acceptors (Lipinski definition) is 2. The Morgan fingerprint density at radius 2 is 1.95 bits per heavy atom. The molecule has 0 saturated heterocycles. The van der Waals surface area contributed by atoms with Crippen LogP contribution in [0.2, 0.25) is 5.02 Å². The lowest BCUT2D eigenvalue weighted by Gasteiger charge is -2.21. The number of anilines is 2. The molecule has 0 saturated carbocycles. The number of aromatic nitrogens is 1. The number of nitrogens with zero attached hydrogens (tertiary/aromatic N) is 1. The summed E-state index contributed by atoms with van der Waals surface area (Å²) in [6, 6.07) is 14.4. The highest BCUT2D eigenvalue weighted by atomic mass is 35.5. The van der Waals surface area contributed by atoms with Crippen molar-refractivity contribution in [3.05, 3.63) is 53.7 Å². The Morgan fingerprint density at radius 3 is 2.85 bits per heavy atom. The second-order valence-electron chi connectivity index (χ2n) is 4.86. The van der Waals surface area contributed by atoms with Crippen LogP contribution in [-0.2, 0) is 7.05 Å². The van der Waals surface area contributed by atoms with Gasteiger partial charge in [-0.1, -0.05) is 35.5 Å². The fourth-order valence-corrected chi connectivity index (χ4v) is 3.82. The van der Waals surface area contributed by atoms with Crippen LogP contribution in [0.1, 0.15) is 0 Å². The largest absolute Gasteiger partial charge is 0.353 e. The van der Waals surface area contributed by atoms with E-state index in [-0.39, 0.29) is 0 Å². The maximum atomic E-state index is 6.09. The predicted octanol–water partition coefficient (Wildman–Crippen LogP) is 4.53. The van der Waals surface area contributed by atoms with Crippen molar-refractivity contribution in [2.45, 2.75) is 9.79 Å². The number of hydrogen-bond donors (Lipinski definition) is 1. The standard InChI is InChI=1S/C16H11ClN2S/c1-19-9-15-16(11-4-2-3-5-13(11)19)18-12-8-10(17)6-7-14(12)20-15/h2-9H,1H3/p+1. The molecule has 3 aromatic rings. The van der Waals surface area contributed by atoms with Gasteiger partial charge < -0.3 is 5.32 Å². The summed E-state index contributed by atoms with van der Waals surface area (Å²) in [4.78, 5) is 2.44. The number of fused-ring (bicyclic) bond motifs is 4. The molecule has 0 fully saturated rings. The lowest BCUT2D eigenvalue weighted by molar-refractivity contribution is -0.646. The average Bonchev–Trinajstić information content (AvgIpc) is 2.46. The minimum Gasteiger partial charge on any atom is -0.353 e. The minimum atomic E-state index is 0.756. The third kappa shape index (κ3) is 1.78. The van der Waals surface area contributed by atoms with Gasteiger partial charge in [0.25, 0.3) is 0 Å². The number of aryl methyl sites for hydroxylation is 1. The molecule has 2 nitrogen and oxygen atoms in total. The van der Waals surface area contributed by atoms with E-state index in [1.54, 1.807) is 11.8 Å². The Balaban J connectivity index is 1.98. The molecule has 4 heteroatoms. The first-order valence-corrected chi connectivity index (χ1v) is 7.57. The highest BCUT2D eigenvalue weighted by molar-refractivity contribution is 7.99. The first kappa shape index (κ1) is 12.1. The highest BCUT2D eigenvalue weighted by Gasteiger charge is 2.22. The van der Waals surface area contributed by atoms with Gasteiger partial charge in [0.1, 0.15) is 11.9 Å². The predicted molar refractivity (Wildman–Crippen MR) is 84.0 cm³/mol. The van der Waals surface area contributed by atoms with E-state index in [1.165, 1.54) is 26.4 Å².